The zero-order valence-corrected chi connectivity index (χ0v) is 24.0. The van der Waals surface area contributed by atoms with Crippen LogP contribution in [0.2, 0.25) is 5.02 Å². The molecule has 0 saturated carbocycles. The first-order chi connectivity index (χ1) is 18.4. The summed E-state index contributed by atoms with van der Waals surface area (Å²) in [7, 11) is -4.26. The Morgan fingerprint density at radius 1 is 0.923 bits per heavy atom. The highest BCUT2D eigenvalue weighted by molar-refractivity contribution is 7.92. The lowest BCUT2D eigenvalue weighted by Crippen LogP contribution is -2.51. The Balaban J connectivity index is 2.00. The van der Waals surface area contributed by atoms with Gasteiger partial charge in [-0.25, -0.2) is 12.8 Å². The van der Waals surface area contributed by atoms with Crippen molar-refractivity contribution in [2.24, 2.45) is 5.92 Å². The van der Waals surface area contributed by atoms with Gasteiger partial charge < -0.3 is 10.2 Å². The second-order valence-electron chi connectivity index (χ2n) is 9.76. The molecule has 1 atom stereocenters. The van der Waals surface area contributed by atoms with Gasteiger partial charge in [0.15, 0.2) is 0 Å². The van der Waals surface area contributed by atoms with E-state index in [1.54, 1.807) is 55.5 Å². The van der Waals surface area contributed by atoms with Crippen molar-refractivity contribution in [3.05, 3.63) is 94.8 Å². The summed E-state index contributed by atoms with van der Waals surface area (Å²) < 4.78 is 41.9. The molecule has 0 aliphatic rings. The third kappa shape index (κ3) is 8.03. The van der Waals surface area contributed by atoms with Crippen molar-refractivity contribution in [2.45, 2.75) is 45.2 Å². The van der Waals surface area contributed by atoms with E-state index in [1.807, 2.05) is 20.8 Å². The first-order valence-electron chi connectivity index (χ1n) is 12.5. The summed E-state index contributed by atoms with van der Waals surface area (Å²) >= 11 is 6.02. The summed E-state index contributed by atoms with van der Waals surface area (Å²) in [4.78, 5) is 28.0. The monoisotopic (exact) mass is 573 g/mol. The number of carbonyl (C=O) groups excluding carboxylic acids is 2. The fourth-order valence-electron chi connectivity index (χ4n) is 3.80. The predicted molar refractivity (Wildman–Crippen MR) is 151 cm³/mol. The number of hydrogen-bond acceptors (Lipinski definition) is 4. The van der Waals surface area contributed by atoms with Crippen LogP contribution in [0.5, 0.6) is 0 Å². The van der Waals surface area contributed by atoms with Crippen molar-refractivity contribution < 1.29 is 22.4 Å². The number of benzene rings is 3. The minimum Gasteiger partial charge on any atom is -0.354 e. The highest BCUT2D eigenvalue weighted by atomic mass is 35.5. The second-order valence-corrected chi connectivity index (χ2v) is 12.1. The quantitative estimate of drug-likeness (QED) is 0.343. The molecular formula is C29H33ClFN3O4S. The van der Waals surface area contributed by atoms with E-state index in [4.69, 9.17) is 11.6 Å². The van der Waals surface area contributed by atoms with E-state index in [2.05, 4.69) is 5.32 Å². The maximum absolute atomic E-state index is 13.8. The van der Waals surface area contributed by atoms with E-state index in [-0.39, 0.29) is 29.0 Å². The van der Waals surface area contributed by atoms with Crippen LogP contribution in [0.4, 0.5) is 10.1 Å². The van der Waals surface area contributed by atoms with Gasteiger partial charge >= 0.3 is 0 Å². The molecule has 0 radical (unpaired) electrons. The van der Waals surface area contributed by atoms with E-state index < -0.39 is 34.3 Å². The number of halogens is 2. The Kier molecular flexibility index (Phi) is 10.1. The molecule has 0 fully saturated rings. The largest absolute Gasteiger partial charge is 0.354 e. The van der Waals surface area contributed by atoms with Crippen molar-refractivity contribution in [2.75, 3.05) is 17.4 Å². The molecule has 0 spiro atoms. The zero-order valence-electron chi connectivity index (χ0n) is 22.4. The number of rotatable bonds is 11. The van der Waals surface area contributed by atoms with Gasteiger partial charge in [0.05, 0.1) is 10.6 Å². The molecule has 0 bridgehead atoms. The van der Waals surface area contributed by atoms with Gasteiger partial charge in [-0.1, -0.05) is 55.3 Å². The van der Waals surface area contributed by atoms with Crippen LogP contribution < -0.4 is 9.62 Å². The van der Waals surface area contributed by atoms with Gasteiger partial charge in [0.25, 0.3) is 10.0 Å². The van der Waals surface area contributed by atoms with Gasteiger partial charge in [-0.05, 0) is 73.9 Å². The van der Waals surface area contributed by atoms with Crippen molar-refractivity contribution in [1.29, 1.82) is 0 Å². The fourth-order valence-corrected chi connectivity index (χ4v) is 5.34. The molecule has 1 N–H and O–H groups in total. The number of anilines is 1. The third-order valence-corrected chi connectivity index (χ3v) is 8.16. The van der Waals surface area contributed by atoms with Crippen LogP contribution in [0.1, 0.15) is 31.9 Å². The van der Waals surface area contributed by atoms with E-state index in [9.17, 15) is 22.4 Å². The van der Waals surface area contributed by atoms with Crippen LogP contribution in [-0.2, 0) is 26.2 Å². The Morgan fingerprint density at radius 3 is 2.08 bits per heavy atom. The maximum Gasteiger partial charge on any atom is 0.264 e. The molecule has 2 amide bonds. The van der Waals surface area contributed by atoms with Crippen LogP contribution in [0.25, 0.3) is 0 Å². The second kappa shape index (κ2) is 13.1. The zero-order chi connectivity index (χ0) is 28.7. The van der Waals surface area contributed by atoms with Crippen LogP contribution in [0.15, 0.2) is 77.7 Å². The number of nitrogens with one attached hydrogen (secondary N) is 1. The molecule has 0 aliphatic carbocycles. The van der Waals surface area contributed by atoms with Gasteiger partial charge in [0.2, 0.25) is 11.8 Å². The SMILES string of the molecule is Cc1ccc(N(CC(=O)N(Cc2ccc(Cl)cc2)[C@H](C)C(=O)NCC(C)C)S(=O)(=O)c2ccc(F)cc2)cc1. The minimum absolute atomic E-state index is 0.0601. The van der Waals surface area contributed by atoms with E-state index in [1.165, 1.54) is 4.90 Å². The molecule has 3 aromatic carbocycles. The van der Waals surface area contributed by atoms with Gasteiger partial charge in [0, 0.05) is 18.1 Å². The smallest absolute Gasteiger partial charge is 0.264 e. The minimum atomic E-state index is -4.26. The number of carbonyl (C=O) groups is 2. The molecule has 3 rings (SSSR count). The average Bonchev–Trinajstić information content (AvgIpc) is 2.90. The molecule has 10 heteroatoms. The van der Waals surface area contributed by atoms with Crippen molar-refractivity contribution in [3.63, 3.8) is 0 Å². The van der Waals surface area contributed by atoms with Crippen LogP contribution >= 0.6 is 11.6 Å². The molecular weight excluding hydrogens is 541 g/mol. The molecule has 7 nitrogen and oxygen atoms in total. The molecule has 0 saturated heterocycles. The molecule has 3 aromatic rings. The lowest BCUT2D eigenvalue weighted by Gasteiger charge is -2.32. The summed E-state index contributed by atoms with van der Waals surface area (Å²) in [6, 6.07) is 17.1. The topological polar surface area (TPSA) is 86.8 Å². The predicted octanol–water partition coefficient (Wildman–Crippen LogP) is 5.17. The number of hydrogen-bond donors (Lipinski definition) is 1. The van der Waals surface area contributed by atoms with E-state index in [0.717, 1.165) is 39.7 Å². The fraction of sp³-hybridized carbons (Fsp3) is 0.310. The average molecular weight is 574 g/mol. The number of amides is 2. The lowest BCUT2D eigenvalue weighted by molar-refractivity contribution is -0.139. The van der Waals surface area contributed by atoms with Crippen molar-refractivity contribution in [1.82, 2.24) is 10.2 Å². The number of aryl methyl sites for hydroxylation is 1. The van der Waals surface area contributed by atoms with Crippen LogP contribution in [-0.4, -0.2) is 44.3 Å². The van der Waals surface area contributed by atoms with Gasteiger partial charge in [-0.15, -0.1) is 0 Å². The maximum atomic E-state index is 13.8. The van der Waals surface area contributed by atoms with Gasteiger partial charge in [-0.2, -0.15) is 0 Å². The lowest BCUT2D eigenvalue weighted by atomic mass is 10.1. The van der Waals surface area contributed by atoms with Crippen molar-refractivity contribution in [3.8, 4) is 0 Å². The molecule has 0 heterocycles. The first-order valence-corrected chi connectivity index (χ1v) is 14.4. The Hall–Kier alpha value is -3.43. The summed E-state index contributed by atoms with van der Waals surface area (Å²) in [5.41, 5.74) is 1.89. The van der Waals surface area contributed by atoms with E-state index >= 15 is 0 Å². The third-order valence-electron chi connectivity index (χ3n) is 6.12. The molecule has 208 valence electrons. The first kappa shape index (κ1) is 30.1. The standard InChI is InChI=1S/C29H33ClFN3O4S/c1-20(2)17-32-29(36)22(4)33(18-23-7-9-24(30)10-8-23)28(35)19-34(26-13-5-21(3)6-14-26)39(37,38)27-15-11-25(31)12-16-27/h5-16,20,22H,17-19H2,1-4H3,(H,32,36)/t22-/m1/s1. The van der Waals surface area contributed by atoms with Gasteiger partial charge in [0.1, 0.15) is 18.4 Å². The summed E-state index contributed by atoms with van der Waals surface area (Å²) in [6.45, 7) is 7.30. The molecule has 39 heavy (non-hydrogen) atoms. The normalized spacial score (nSPS) is 12.2. The van der Waals surface area contributed by atoms with Gasteiger partial charge in [-0.3, -0.25) is 13.9 Å². The number of sulfonamides is 1. The summed E-state index contributed by atoms with van der Waals surface area (Å²) in [5, 5.41) is 3.37. The van der Waals surface area contributed by atoms with Crippen LogP contribution in [0, 0.1) is 18.7 Å². The highest BCUT2D eigenvalue weighted by Crippen LogP contribution is 2.25. The van der Waals surface area contributed by atoms with E-state index in [0.29, 0.717) is 11.6 Å². The van der Waals surface area contributed by atoms with Crippen LogP contribution in [0.3, 0.4) is 0 Å². The number of nitrogens with zero attached hydrogens (tertiary/aromatic N) is 2. The van der Waals surface area contributed by atoms with Crippen molar-refractivity contribution >= 4 is 39.1 Å². The molecule has 0 aliphatic heterocycles. The highest BCUT2D eigenvalue weighted by Gasteiger charge is 2.32. The Bertz CT molecular complexity index is 1380. The molecule has 0 aromatic heterocycles. The Morgan fingerprint density at radius 2 is 1.51 bits per heavy atom. The summed E-state index contributed by atoms with van der Waals surface area (Å²) in [5.74, 6) is -1.31. The summed E-state index contributed by atoms with van der Waals surface area (Å²) in [6.07, 6.45) is 0. The Labute approximate surface area is 234 Å². The molecule has 0 unspecified atom stereocenters.